The minimum absolute atomic E-state index is 0.370. The average molecular weight is 271 g/mol. The van der Waals surface area contributed by atoms with Crippen molar-refractivity contribution < 1.29 is 4.74 Å². The maximum atomic E-state index is 6.03. The van der Waals surface area contributed by atoms with E-state index in [2.05, 4.69) is 39.9 Å². The molecule has 0 aliphatic rings. The molecule has 0 saturated heterocycles. The van der Waals surface area contributed by atoms with Crippen molar-refractivity contribution in [3.63, 3.8) is 0 Å². The molecule has 0 aromatic rings. The third-order valence-electron chi connectivity index (χ3n) is 3.47. The molecule has 0 aliphatic heterocycles. The summed E-state index contributed by atoms with van der Waals surface area (Å²) in [6, 6.07) is 0. The molecule has 0 aliphatic carbocycles. The van der Waals surface area contributed by atoms with Gasteiger partial charge in [-0.1, -0.05) is 66.7 Å². The van der Waals surface area contributed by atoms with Crippen LogP contribution in [-0.4, -0.2) is 25.8 Å². The summed E-state index contributed by atoms with van der Waals surface area (Å²) in [4.78, 5) is 0. The van der Waals surface area contributed by atoms with Crippen LogP contribution in [0.15, 0.2) is 0 Å². The summed E-state index contributed by atoms with van der Waals surface area (Å²) in [6.45, 7) is 14.3. The fourth-order valence-electron chi connectivity index (χ4n) is 2.12. The third-order valence-corrected chi connectivity index (χ3v) is 3.47. The number of ether oxygens (including phenoxy) is 1. The molecule has 19 heavy (non-hydrogen) atoms. The lowest BCUT2D eigenvalue weighted by Crippen LogP contribution is -2.35. The zero-order valence-corrected chi connectivity index (χ0v) is 14.0. The number of unbranched alkanes of at least 4 members (excludes halogenated alkanes) is 5. The predicted octanol–water partition coefficient (Wildman–Crippen LogP) is 4.63. The van der Waals surface area contributed by atoms with Crippen molar-refractivity contribution in [2.45, 2.75) is 79.2 Å². The van der Waals surface area contributed by atoms with Crippen molar-refractivity contribution in [1.29, 1.82) is 0 Å². The monoisotopic (exact) mass is 271 g/mol. The topological polar surface area (TPSA) is 21.3 Å². The van der Waals surface area contributed by atoms with Crippen molar-refractivity contribution in [1.82, 2.24) is 5.32 Å². The summed E-state index contributed by atoms with van der Waals surface area (Å²) in [7, 11) is 0. The molecule has 1 atom stereocenters. The molecule has 0 rings (SSSR count). The van der Waals surface area contributed by atoms with Gasteiger partial charge in [0, 0.05) is 13.2 Å². The maximum Gasteiger partial charge on any atom is 0.0722 e. The molecular formula is C17H37NO. The van der Waals surface area contributed by atoms with Gasteiger partial charge < -0.3 is 10.1 Å². The lowest BCUT2D eigenvalue weighted by molar-refractivity contribution is 0.0205. The first-order valence-corrected chi connectivity index (χ1v) is 8.40. The molecule has 0 aromatic heterocycles. The zero-order chi connectivity index (χ0) is 14.5. The Balaban J connectivity index is 3.54. The second-order valence-corrected chi connectivity index (χ2v) is 6.47. The molecule has 0 bridgehead atoms. The highest BCUT2D eigenvalue weighted by Gasteiger charge is 2.13. The summed E-state index contributed by atoms with van der Waals surface area (Å²) in [5.41, 5.74) is 0. The van der Waals surface area contributed by atoms with E-state index in [4.69, 9.17) is 4.74 Å². The SMILES string of the molecule is CCCCCCCCOC(CNCC(C)C)C(C)C. The highest BCUT2D eigenvalue weighted by atomic mass is 16.5. The molecule has 0 saturated carbocycles. The summed E-state index contributed by atoms with van der Waals surface area (Å²) in [5.74, 6) is 1.31. The molecule has 0 amide bonds. The van der Waals surface area contributed by atoms with E-state index < -0.39 is 0 Å². The van der Waals surface area contributed by atoms with Crippen molar-refractivity contribution >= 4 is 0 Å². The highest BCUT2D eigenvalue weighted by molar-refractivity contribution is 4.66. The fraction of sp³-hybridized carbons (Fsp3) is 1.00. The van der Waals surface area contributed by atoms with Gasteiger partial charge in [0.1, 0.15) is 0 Å². The Labute approximate surface area is 121 Å². The fourth-order valence-corrected chi connectivity index (χ4v) is 2.12. The normalized spacial score (nSPS) is 13.4. The van der Waals surface area contributed by atoms with Gasteiger partial charge in [0.2, 0.25) is 0 Å². The van der Waals surface area contributed by atoms with E-state index in [0.29, 0.717) is 17.9 Å². The standard InChI is InChI=1S/C17H37NO/c1-6-7-8-9-10-11-12-19-17(16(4)5)14-18-13-15(2)3/h15-18H,6-14H2,1-5H3. The zero-order valence-electron chi connectivity index (χ0n) is 14.0. The minimum atomic E-state index is 0.370. The second-order valence-electron chi connectivity index (χ2n) is 6.47. The Kier molecular flexibility index (Phi) is 12.9. The Morgan fingerprint density at radius 3 is 2.05 bits per heavy atom. The maximum absolute atomic E-state index is 6.03. The first-order valence-electron chi connectivity index (χ1n) is 8.40. The molecular weight excluding hydrogens is 234 g/mol. The van der Waals surface area contributed by atoms with Crippen molar-refractivity contribution in [3.8, 4) is 0 Å². The molecule has 116 valence electrons. The van der Waals surface area contributed by atoms with Crippen LogP contribution in [0.5, 0.6) is 0 Å². The van der Waals surface area contributed by atoms with Gasteiger partial charge in [-0.05, 0) is 24.8 Å². The van der Waals surface area contributed by atoms with Crippen LogP contribution >= 0.6 is 0 Å². The molecule has 2 nitrogen and oxygen atoms in total. The number of nitrogens with one attached hydrogen (secondary N) is 1. The largest absolute Gasteiger partial charge is 0.377 e. The number of hydrogen-bond acceptors (Lipinski definition) is 2. The predicted molar refractivity (Wildman–Crippen MR) is 85.7 cm³/mol. The van der Waals surface area contributed by atoms with E-state index in [1.165, 1.54) is 38.5 Å². The van der Waals surface area contributed by atoms with Crippen LogP contribution in [0.4, 0.5) is 0 Å². The van der Waals surface area contributed by atoms with Crippen LogP contribution in [0.3, 0.4) is 0 Å². The average Bonchev–Trinajstić information content (AvgIpc) is 2.34. The number of rotatable bonds is 13. The molecule has 0 heterocycles. The molecule has 1 unspecified atom stereocenters. The molecule has 0 spiro atoms. The summed E-state index contributed by atoms with van der Waals surface area (Å²) < 4.78 is 6.03. The molecule has 0 aromatic carbocycles. The second kappa shape index (κ2) is 12.9. The number of hydrogen-bond donors (Lipinski definition) is 1. The highest BCUT2D eigenvalue weighted by Crippen LogP contribution is 2.09. The van der Waals surface area contributed by atoms with Crippen LogP contribution in [0, 0.1) is 11.8 Å². The first-order chi connectivity index (χ1) is 9.07. The van der Waals surface area contributed by atoms with Crippen LogP contribution in [0.2, 0.25) is 0 Å². The smallest absolute Gasteiger partial charge is 0.0722 e. The van der Waals surface area contributed by atoms with Crippen LogP contribution in [-0.2, 0) is 4.74 Å². The van der Waals surface area contributed by atoms with Gasteiger partial charge >= 0.3 is 0 Å². The summed E-state index contributed by atoms with van der Waals surface area (Å²) in [6.07, 6.45) is 8.38. The van der Waals surface area contributed by atoms with Crippen LogP contribution in [0.1, 0.15) is 73.1 Å². The van der Waals surface area contributed by atoms with E-state index in [0.717, 1.165) is 19.7 Å². The Morgan fingerprint density at radius 1 is 0.842 bits per heavy atom. The Hall–Kier alpha value is -0.0800. The van der Waals surface area contributed by atoms with Crippen molar-refractivity contribution in [2.75, 3.05) is 19.7 Å². The van der Waals surface area contributed by atoms with Gasteiger partial charge in [0.25, 0.3) is 0 Å². The van der Waals surface area contributed by atoms with Gasteiger partial charge in [-0.2, -0.15) is 0 Å². The quantitative estimate of drug-likeness (QED) is 0.493. The van der Waals surface area contributed by atoms with Crippen LogP contribution in [0.25, 0.3) is 0 Å². The summed E-state index contributed by atoms with van der Waals surface area (Å²) in [5, 5.41) is 3.51. The molecule has 0 radical (unpaired) electrons. The van der Waals surface area contributed by atoms with Gasteiger partial charge in [0.15, 0.2) is 0 Å². The van der Waals surface area contributed by atoms with Gasteiger partial charge in [-0.3, -0.25) is 0 Å². The Morgan fingerprint density at radius 2 is 1.47 bits per heavy atom. The molecule has 2 heteroatoms. The molecule has 0 fully saturated rings. The molecule has 1 N–H and O–H groups in total. The van der Waals surface area contributed by atoms with Crippen LogP contribution < -0.4 is 5.32 Å². The van der Waals surface area contributed by atoms with Gasteiger partial charge in [0.05, 0.1) is 6.10 Å². The third kappa shape index (κ3) is 12.7. The van der Waals surface area contributed by atoms with Crippen molar-refractivity contribution in [3.05, 3.63) is 0 Å². The summed E-state index contributed by atoms with van der Waals surface area (Å²) >= 11 is 0. The van der Waals surface area contributed by atoms with Crippen molar-refractivity contribution in [2.24, 2.45) is 11.8 Å². The van der Waals surface area contributed by atoms with E-state index in [1.807, 2.05) is 0 Å². The first kappa shape index (κ1) is 18.9. The van der Waals surface area contributed by atoms with Gasteiger partial charge in [-0.15, -0.1) is 0 Å². The van der Waals surface area contributed by atoms with E-state index in [1.54, 1.807) is 0 Å². The lowest BCUT2D eigenvalue weighted by atomic mass is 10.1. The Bertz CT molecular complexity index is 180. The van der Waals surface area contributed by atoms with E-state index in [-0.39, 0.29) is 0 Å². The van der Waals surface area contributed by atoms with E-state index in [9.17, 15) is 0 Å². The minimum Gasteiger partial charge on any atom is -0.377 e. The van der Waals surface area contributed by atoms with Gasteiger partial charge in [-0.25, -0.2) is 0 Å². The lowest BCUT2D eigenvalue weighted by Gasteiger charge is -2.22. The van der Waals surface area contributed by atoms with E-state index >= 15 is 0 Å².